The lowest BCUT2D eigenvalue weighted by atomic mass is 10.3. The van der Waals surface area contributed by atoms with Crippen molar-refractivity contribution in [3.05, 3.63) is 22.4 Å². The number of carbonyl (C=O) groups is 1. The van der Waals surface area contributed by atoms with Gasteiger partial charge in [0, 0.05) is 16.7 Å². The van der Waals surface area contributed by atoms with Crippen LogP contribution in [0, 0.1) is 5.82 Å². The van der Waals surface area contributed by atoms with Crippen molar-refractivity contribution in [2.45, 2.75) is 11.8 Å². The maximum absolute atomic E-state index is 13.8. The monoisotopic (exact) mass is 353 g/mol. The number of amides is 1. The van der Waals surface area contributed by atoms with Crippen molar-refractivity contribution in [3.63, 3.8) is 0 Å². The summed E-state index contributed by atoms with van der Waals surface area (Å²) in [5.74, 6) is -1.78. The fourth-order valence-corrected chi connectivity index (χ4v) is 3.23. The SMILES string of the molecule is CCN(CC(N)=O)S(=O)(=O)c1cc(N)c(Br)cc1F. The zero-order chi connectivity index (χ0) is 14.8. The largest absolute Gasteiger partial charge is 0.398 e. The number of nitrogens with zero attached hydrogens (tertiary/aromatic N) is 1. The fraction of sp³-hybridized carbons (Fsp3) is 0.300. The molecule has 0 saturated carbocycles. The summed E-state index contributed by atoms with van der Waals surface area (Å²) in [5.41, 5.74) is 10.6. The van der Waals surface area contributed by atoms with Crippen LogP contribution in [0.15, 0.2) is 21.5 Å². The van der Waals surface area contributed by atoms with Gasteiger partial charge in [-0.1, -0.05) is 6.92 Å². The first kappa shape index (κ1) is 15.9. The summed E-state index contributed by atoms with van der Waals surface area (Å²) in [5, 5.41) is 0. The van der Waals surface area contributed by atoms with Crippen molar-refractivity contribution in [3.8, 4) is 0 Å². The number of sulfonamides is 1. The molecule has 4 N–H and O–H groups in total. The lowest BCUT2D eigenvalue weighted by Crippen LogP contribution is -2.38. The molecule has 0 saturated heterocycles. The van der Waals surface area contributed by atoms with E-state index >= 15 is 0 Å². The van der Waals surface area contributed by atoms with Crippen LogP contribution >= 0.6 is 15.9 Å². The van der Waals surface area contributed by atoms with Gasteiger partial charge in [-0.3, -0.25) is 4.79 Å². The number of anilines is 1. The molecule has 1 rings (SSSR count). The van der Waals surface area contributed by atoms with Gasteiger partial charge in [-0.15, -0.1) is 0 Å². The van der Waals surface area contributed by atoms with Crippen molar-refractivity contribution in [2.24, 2.45) is 5.73 Å². The Labute approximate surface area is 118 Å². The molecule has 1 aromatic rings. The Balaban J connectivity index is 3.33. The lowest BCUT2D eigenvalue weighted by molar-refractivity contribution is -0.118. The molecule has 106 valence electrons. The van der Waals surface area contributed by atoms with Crippen LogP contribution in [0.25, 0.3) is 0 Å². The first-order valence-corrected chi connectivity index (χ1v) is 7.46. The molecule has 9 heteroatoms. The number of rotatable bonds is 5. The second kappa shape index (κ2) is 5.85. The third-order valence-electron chi connectivity index (χ3n) is 2.35. The minimum Gasteiger partial charge on any atom is -0.398 e. The summed E-state index contributed by atoms with van der Waals surface area (Å²) >= 11 is 2.99. The van der Waals surface area contributed by atoms with Crippen molar-refractivity contribution >= 4 is 37.5 Å². The van der Waals surface area contributed by atoms with E-state index in [1.54, 1.807) is 0 Å². The predicted octanol–water partition coefficient (Wildman–Crippen LogP) is 0.666. The van der Waals surface area contributed by atoms with Crippen LogP contribution in [0.5, 0.6) is 0 Å². The maximum Gasteiger partial charge on any atom is 0.246 e. The Kier molecular flexibility index (Phi) is 4.88. The van der Waals surface area contributed by atoms with Gasteiger partial charge in [-0.2, -0.15) is 4.31 Å². The van der Waals surface area contributed by atoms with Gasteiger partial charge in [0.15, 0.2) is 0 Å². The smallest absolute Gasteiger partial charge is 0.246 e. The fourth-order valence-electron chi connectivity index (χ4n) is 1.42. The van der Waals surface area contributed by atoms with E-state index in [1.165, 1.54) is 6.92 Å². The van der Waals surface area contributed by atoms with Gasteiger partial charge in [0.2, 0.25) is 15.9 Å². The standard InChI is InChI=1S/C10H13BrFN3O3S/c1-2-15(5-10(14)16)19(17,18)9-4-8(13)6(11)3-7(9)12/h3-4H,2,5,13H2,1H3,(H2,14,16). The minimum atomic E-state index is -4.16. The third-order valence-corrected chi connectivity index (χ3v) is 4.98. The number of halogens is 2. The third kappa shape index (κ3) is 3.43. The van der Waals surface area contributed by atoms with Gasteiger partial charge < -0.3 is 11.5 Å². The summed E-state index contributed by atoms with van der Waals surface area (Å²) < 4.78 is 39.2. The first-order chi connectivity index (χ1) is 8.70. The van der Waals surface area contributed by atoms with Crippen molar-refractivity contribution < 1.29 is 17.6 Å². The van der Waals surface area contributed by atoms with E-state index in [9.17, 15) is 17.6 Å². The highest BCUT2D eigenvalue weighted by Gasteiger charge is 2.28. The molecule has 0 aliphatic carbocycles. The number of nitrogens with two attached hydrogens (primary N) is 2. The molecule has 6 nitrogen and oxygen atoms in total. The Morgan fingerprint density at radius 1 is 1.47 bits per heavy atom. The highest BCUT2D eigenvalue weighted by atomic mass is 79.9. The Morgan fingerprint density at radius 2 is 2.05 bits per heavy atom. The predicted molar refractivity (Wildman–Crippen MR) is 72.1 cm³/mol. The summed E-state index contributed by atoms with van der Waals surface area (Å²) in [6.45, 7) is 0.982. The van der Waals surface area contributed by atoms with E-state index in [-0.39, 0.29) is 16.7 Å². The lowest BCUT2D eigenvalue weighted by Gasteiger charge is -2.19. The number of hydrogen-bond acceptors (Lipinski definition) is 4. The van der Waals surface area contributed by atoms with E-state index < -0.39 is 33.2 Å². The van der Waals surface area contributed by atoms with Crippen LogP contribution in [0.1, 0.15) is 6.92 Å². The van der Waals surface area contributed by atoms with Gasteiger partial charge in [0.25, 0.3) is 0 Å². The highest BCUT2D eigenvalue weighted by Crippen LogP contribution is 2.27. The van der Waals surface area contributed by atoms with Crippen molar-refractivity contribution in [1.29, 1.82) is 0 Å². The van der Waals surface area contributed by atoms with Gasteiger partial charge in [-0.25, -0.2) is 12.8 Å². The molecule has 0 radical (unpaired) electrons. The van der Waals surface area contributed by atoms with Crippen LogP contribution in [0.2, 0.25) is 0 Å². The van der Waals surface area contributed by atoms with Crippen LogP contribution in [-0.4, -0.2) is 31.7 Å². The number of primary amides is 1. The molecule has 0 fully saturated rings. The molecule has 0 heterocycles. The van der Waals surface area contributed by atoms with Crippen LogP contribution in [0.4, 0.5) is 10.1 Å². The second-order valence-corrected chi connectivity index (χ2v) is 6.46. The summed E-state index contributed by atoms with van der Waals surface area (Å²) in [7, 11) is -4.16. The number of carbonyl (C=O) groups excluding carboxylic acids is 1. The van der Waals surface area contributed by atoms with E-state index in [0.29, 0.717) is 0 Å². The van der Waals surface area contributed by atoms with Crippen molar-refractivity contribution in [1.82, 2.24) is 4.31 Å². The van der Waals surface area contributed by atoms with Gasteiger partial charge >= 0.3 is 0 Å². The number of nitrogen functional groups attached to an aromatic ring is 1. The molecular weight excluding hydrogens is 341 g/mol. The average molecular weight is 354 g/mol. The normalized spacial score (nSPS) is 11.8. The molecule has 0 atom stereocenters. The first-order valence-electron chi connectivity index (χ1n) is 5.23. The summed E-state index contributed by atoms with van der Waals surface area (Å²) in [4.78, 5) is 10.3. The second-order valence-electron chi connectivity index (χ2n) is 3.70. The Hall–Kier alpha value is -1.19. The van der Waals surface area contributed by atoms with E-state index in [4.69, 9.17) is 11.5 Å². The Morgan fingerprint density at radius 3 is 2.53 bits per heavy atom. The zero-order valence-electron chi connectivity index (χ0n) is 10.1. The van der Waals surface area contributed by atoms with Gasteiger partial charge in [0.1, 0.15) is 10.7 Å². The molecule has 0 aliphatic rings. The number of hydrogen-bond donors (Lipinski definition) is 2. The number of benzene rings is 1. The number of likely N-dealkylation sites (N-methyl/N-ethyl adjacent to an activating group) is 1. The quantitative estimate of drug-likeness (QED) is 0.758. The highest BCUT2D eigenvalue weighted by molar-refractivity contribution is 9.10. The maximum atomic E-state index is 13.8. The summed E-state index contributed by atoms with van der Waals surface area (Å²) in [6, 6.07) is 1.96. The minimum absolute atomic E-state index is 0.0132. The van der Waals surface area contributed by atoms with Crippen LogP contribution in [0.3, 0.4) is 0 Å². The van der Waals surface area contributed by atoms with Crippen LogP contribution < -0.4 is 11.5 Å². The molecule has 1 aromatic carbocycles. The molecular formula is C10H13BrFN3O3S. The Bertz CT molecular complexity index is 606. The molecule has 1 amide bonds. The van der Waals surface area contributed by atoms with Gasteiger partial charge in [0.05, 0.1) is 6.54 Å². The van der Waals surface area contributed by atoms with Crippen molar-refractivity contribution in [2.75, 3.05) is 18.8 Å². The molecule has 0 aromatic heterocycles. The molecule has 0 bridgehead atoms. The molecule has 0 aliphatic heterocycles. The molecule has 19 heavy (non-hydrogen) atoms. The summed E-state index contributed by atoms with van der Waals surface area (Å²) in [6.07, 6.45) is 0. The van der Waals surface area contributed by atoms with E-state index in [0.717, 1.165) is 16.4 Å². The van der Waals surface area contributed by atoms with E-state index in [2.05, 4.69) is 15.9 Å². The van der Waals surface area contributed by atoms with Crippen LogP contribution in [-0.2, 0) is 14.8 Å². The van der Waals surface area contributed by atoms with E-state index in [1.807, 2.05) is 0 Å². The average Bonchev–Trinajstić information content (AvgIpc) is 2.30. The molecule has 0 unspecified atom stereocenters. The zero-order valence-corrected chi connectivity index (χ0v) is 12.5. The van der Waals surface area contributed by atoms with Gasteiger partial charge in [-0.05, 0) is 28.1 Å². The molecule has 0 spiro atoms. The topological polar surface area (TPSA) is 106 Å².